The van der Waals surface area contributed by atoms with Crippen LogP contribution in [0.5, 0.6) is 0 Å². The molecule has 0 fully saturated rings. The van der Waals surface area contributed by atoms with Gasteiger partial charge in [-0.15, -0.1) is 0 Å². The zero-order valence-corrected chi connectivity index (χ0v) is 10.1. The summed E-state index contributed by atoms with van der Waals surface area (Å²) in [4.78, 5) is 4.05. The molecule has 2 unspecified atom stereocenters. The Hall–Kier alpha value is -0.0600. The van der Waals surface area contributed by atoms with Gasteiger partial charge in [0.1, 0.15) is 0 Å². The Morgan fingerprint density at radius 1 is 1.46 bits per heavy atom. The van der Waals surface area contributed by atoms with Crippen LogP contribution in [0, 0.1) is 0 Å². The SMILES string of the molecule is CC(C)c1cccnc1C(F)(P)P. The van der Waals surface area contributed by atoms with Gasteiger partial charge in [-0.05, 0) is 17.5 Å². The minimum Gasteiger partial charge on any atom is -0.257 e. The van der Waals surface area contributed by atoms with Crippen molar-refractivity contribution in [3.8, 4) is 0 Å². The number of rotatable bonds is 2. The van der Waals surface area contributed by atoms with Crippen molar-refractivity contribution in [3.63, 3.8) is 0 Å². The van der Waals surface area contributed by atoms with E-state index < -0.39 is 5.15 Å². The molecule has 0 bridgehead atoms. The third-order valence-corrected chi connectivity index (χ3v) is 2.37. The van der Waals surface area contributed by atoms with Crippen molar-refractivity contribution in [3.05, 3.63) is 29.6 Å². The molecule has 13 heavy (non-hydrogen) atoms. The molecule has 0 amide bonds. The fourth-order valence-electron chi connectivity index (χ4n) is 1.20. The van der Waals surface area contributed by atoms with Crippen LogP contribution in [0.15, 0.2) is 18.3 Å². The largest absolute Gasteiger partial charge is 0.257 e. The van der Waals surface area contributed by atoms with Crippen molar-refractivity contribution in [1.29, 1.82) is 0 Å². The maximum Gasteiger partial charge on any atom is 0.177 e. The fraction of sp³-hybridized carbons (Fsp3) is 0.444. The number of aromatic nitrogens is 1. The van der Waals surface area contributed by atoms with Gasteiger partial charge in [0.15, 0.2) is 5.15 Å². The Bertz CT molecular complexity index is 294. The van der Waals surface area contributed by atoms with E-state index in [0.29, 0.717) is 11.6 Å². The number of hydrogen-bond donors (Lipinski definition) is 0. The number of pyridine rings is 1. The van der Waals surface area contributed by atoms with E-state index in [1.165, 1.54) is 0 Å². The van der Waals surface area contributed by atoms with Gasteiger partial charge in [-0.1, -0.05) is 38.4 Å². The molecule has 1 rings (SSSR count). The predicted molar refractivity (Wildman–Crippen MR) is 60.5 cm³/mol. The van der Waals surface area contributed by atoms with Crippen LogP contribution >= 0.6 is 18.5 Å². The van der Waals surface area contributed by atoms with Gasteiger partial charge in [0, 0.05) is 6.20 Å². The molecule has 72 valence electrons. The highest BCUT2D eigenvalue weighted by Crippen LogP contribution is 2.41. The highest BCUT2D eigenvalue weighted by Gasteiger charge is 2.25. The molecule has 0 saturated heterocycles. The molecule has 1 aromatic heterocycles. The first-order valence-corrected chi connectivity index (χ1v) is 5.30. The standard InChI is InChI=1S/C9H14FNP2/c1-6(2)7-4-3-5-11-8(7)9(10,12)13/h3-6H,12-13H2,1-2H3. The van der Waals surface area contributed by atoms with Crippen molar-refractivity contribution < 1.29 is 4.39 Å². The highest BCUT2D eigenvalue weighted by molar-refractivity contribution is 7.38. The van der Waals surface area contributed by atoms with Crippen LogP contribution in [0.1, 0.15) is 31.0 Å². The van der Waals surface area contributed by atoms with Crippen LogP contribution in [0.2, 0.25) is 0 Å². The Kier molecular flexibility index (Phi) is 3.38. The lowest BCUT2D eigenvalue weighted by molar-refractivity contribution is 0.410. The minimum atomic E-state index is -1.51. The summed E-state index contributed by atoms with van der Waals surface area (Å²) in [7, 11) is 4.29. The topological polar surface area (TPSA) is 12.9 Å². The lowest BCUT2D eigenvalue weighted by Gasteiger charge is -2.19. The predicted octanol–water partition coefficient (Wildman–Crippen LogP) is 3.04. The van der Waals surface area contributed by atoms with Gasteiger partial charge >= 0.3 is 0 Å². The summed E-state index contributed by atoms with van der Waals surface area (Å²) >= 11 is 0. The van der Waals surface area contributed by atoms with Crippen molar-refractivity contribution in [1.82, 2.24) is 4.98 Å². The van der Waals surface area contributed by atoms with E-state index in [1.54, 1.807) is 6.20 Å². The molecular formula is C9H14FNP2. The van der Waals surface area contributed by atoms with Crippen LogP contribution in [0.25, 0.3) is 0 Å². The molecule has 0 aliphatic rings. The molecule has 2 atom stereocenters. The minimum absolute atomic E-state index is 0.292. The molecule has 1 heterocycles. The van der Waals surface area contributed by atoms with Crippen LogP contribution in [0.4, 0.5) is 4.39 Å². The summed E-state index contributed by atoms with van der Waals surface area (Å²) < 4.78 is 13.6. The zero-order valence-electron chi connectivity index (χ0n) is 7.79. The van der Waals surface area contributed by atoms with Gasteiger partial charge in [-0.3, -0.25) is 4.98 Å². The summed E-state index contributed by atoms with van der Waals surface area (Å²) in [6, 6.07) is 3.75. The average Bonchev–Trinajstić information content (AvgIpc) is 2.03. The Morgan fingerprint density at radius 3 is 2.46 bits per heavy atom. The van der Waals surface area contributed by atoms with E-state index in [2.05, 4.69) is 23.5 Å². The number of nitrogens with zero attached hydrogens (tertiary/aromatic N) is 1. The highest BCUT2D eigenvalue weighted by atomic mass is 31.1. The van der Waals surface area contributed by atoms with Crippen molar-refractivity contribution in [2.45, 2.75) is 24.9 Å². The molecule has 0 radical (unpaired) electrons. The van der Waals surface area contributed by atoms with Crippen LogP contribution < -0.4 is 0 Å². The fourth-order valence-corrected chi connectivity index (χ4v) is 1.69. The van der Waals surface area contributed by atoms with Gasteiger partial charge in [0.25, 0.3) is 0 Å². The molecule has 0 aliphatic carbocycles. The maximum absolute atomic E-state index is 13.6. The molecule has 0 aromatic carbocycles. The molecule has 0 spiro atoms. The van der Waals surface area contributed by atoms with Crippen LogP contribution in [0.3, 0.4) is 0 Å². The van der Waals surface area contributed by atoms with Gasteiger partial charge in [-0.25, -0.2) is 4.39 Å². The smallest absolute Gasteiger partial charge is 0.177 e. The summed E-state index contributed by atoms with van der Waals surface area (Å²) in [6.07, 6.45) is 1.61. The third-order valence-electron chi connectivity index (χ3n) is 1.82. The Balaban J connectivity index is 3.20. The average molecular weight is 217 g/mol. The van der Waals surface area contributed by atoms with Crippen LogP contribution in [-0.2, 0) is 5.15 Å². The summed E-state index contributed by atoms with van der Waals surface area (Å²) in [5.41, 5.74) is 1.44. The molecular weight excluding hydrogens is 203 g/mol. The Morgan fingerprint density at radius 2 is 2.08 bits per heavy atom. The van der Waals surface area contributed by atoms with E-state index in [9.17, 15) is 4.39 Å². The lowest BCUT2D eigenvalue weighted by Crippen LogP contribution is -2.08. The van der Waals surface area contributed by atoms with Crippen molar-refractivity contribution in [2.24, 2.45) is 0 Å². The molecule has 1 aromatic rings. The number of halogens is 1. The third kappa shape index (κ3) is 2.69. The monoisotopic (exact) mass is 217 g/mol. The number of alkyl halides is 1. The van der Waals surface area contributed by atoms with E-state index >= 15 is 0 Å². The summed E-state index contributed by atoms with van der Waals surface area (Å²) in [5, 5.41) is -1.51. The first-order chi connectivity index (χ1) is 5.93. The van der Waals surface area contributed by atoms with Gasteiger partial charge in [0.2, 0.25) is 0 Å². The van der Waals surface area contributed by atoms with E-state index in [0.717, 1.165) is 5.56 Å². The molecule has 0 saturated carbocycles. The number of hydrogen-bond acceptors (Lipinski definition) is 1. The normalized spacial score (nSPS) is 12.2. The van der Waals surface area contributed by atoms with Crippen LogP contribution in [-0.4, -0.2) is 4.98 Å². The van der Waals surface area contributed by atoms with Crippen molar-refractivity contribution in [2.75, 3.05) is 0 Å². The quantitative estimate of drug-likeness (QED) is 0.694. The molecule has 0 N–H and O–H groups in total. The molecule has 0 aliphatic heterocycles. The summed E-state index contributed by atoms with van der Waals surface area (Å²) in [5.74, 6) is 0.292. The maximum atomic E-state index is 13.6. The zero-order chi connectivity index (χ0) is 10.1. The second-order valence-electron chi connectivity index (χ2n) is 3.36. The van der Waals surface area contributed by atoms with Gasteiger partial charge in [0.05, 0.1) is 5.69 Å². The first kappa shape index (κ1) is 11.0. The molecule has 4 heteroatoms. The molecule has 1 nitrogen and oxygen atoms in total. The van der Waals surface area contributed by atoms with Gasteiger partial charge < -0.3 is 0 Å². The van der Waals surface area contributed by atoms with E-state index in [-0.39, 0.29) is 0 Å². The second-order valence-corrected chi connectivity index (χ2v) is 5.71. The van der Waals surface area contributed by atoms with E-state index in [1.807, 2.05) is 26.0 Å². The summed E-state index contributed by atoms with van der Waals surface area (Å²) in [6.45, 7) is 4.06. The first-order valence-electron chi connectivity index (χ1n) is 4.15. The van der Waals surface area contributed by atoms with Gasteiger partial charge in [-0.2, -0.15) is 0 Å². The van der Waals surface area contributed by atoms with Crippen molar-refractivity contribution >= 4 is 18.5 Å². The second kappa shape index (κ2) is 3.98. The lowest BCUT2D eigenvalue weighted by atomic mass is 10.0. The Labute approximate surface area is 82.9 Å². The van der Waals surface area contributed by atoms with E-state index in [4.69, 9.17) is 0 Å².